The van der Waals surface area contributed by atoms with Gasteiger partial charge in [0.15, 0.2) is 15.6 Å². The third kappa shape index (κ3) is 4.85. The topological polar surface area (TPSA) is 76.4 Å². The summed E-state index contributed by atoms with van der Waals surface area (Å²) in [5, 5.41) is 3.54. The summed E-state index contributed by atoms with van der Waals surface area (Å²) in [5.74, 6) is -1.19. The van der Waals surface area contributed by atoms with Crippen LogP contribution in [0.25, 0.3) is 11.0 Å². The molecule has 2 aromatic carbocycles. The molecule has 0 aliphatic heterocycles. The summed E-state index contributed by atoms with van der Waals surface area (Å²) in [6.07, 6.45) is 1.12. The van der Waals surface area contributed by atoms with Gasteiger partial charge in [0.05, 0.1) is 11.8 Å². The van der Waals surface area contributed by atoms with Crippen molar-refractivity contribution in [3.8, 4) is 0 Å². The molecule has 3 aromatic rings. The van der Waals surface area contributed by atoms with Crippen LogP contribution in [0, 0.1) is 11.2 Å². The number of sulfone groups is 1. The molecule has 5 nitrogen and oxygen atoms in total. The van der Waals surface area contributed by atoms with Gasteiger partial charge >= 0.3 is 0 Å². The third-order valence-electron chi connectivity index (χ3n) is 4.66. The van der Waals surface area contributed by atoms with E-state index in [1.165, 1.54) is 12.1 Å². The Hall–Kier alpha value is -2.67. The monoisotopic (exact) mass is 417 g/mol. The van der Waals surface area contributed by atoms with Gasteiger partial charge in [0.1, 0.15) is 11.4 Å². The molecule has 154 valence electrons. The lowest BCUT2D eigenvalue weighted by Gasteiger charge is -2.31. The molecule has 3 rings (SSSR count). The number of carbonyl (C=O) groups excluding carboxylic acids is 1. The number of fused-ring (bicyclic) bond motifs is 1. The Bertz CT molecular complexity index is 1140. The Morgan fingerprint density at radius 1 is 1.10 bits per heavy atom. The van der Waals surface area contributed by atoms with Crippen LogP contribution in [-0.4, -0.2) is 20.6 Å². The highest BCUT2D eigenvalue weighted by atomic mass is 32.2. The highest BCUT2D eigenvalue weighted by Gasteiger charge is 2.31. The summed E-state index contributed by atoms with van der Waals surface area (Å²) in [4.78, 5) is 13.1. The molecule has 1 aromatic heterocycles. The molecular formula is C22H24FNO4S. The summed E-state index contributed by atoms with van der Waals surface area (Å²) in [6, 6.07) is 12.5. The van der Waals surface area contributed by atoms with E-state index in [1.54, 1.807) is 36.4 Å². The van der Waals surface area contributed by atoms with Crippen molar-refractivity contribution in [1.82, 2.24) is 5.32 Å². The van der Waals surface area contributed by atoms with Crippen molar-refractivity contribution in [3.05, 3.63) is 71.2 Å². The second-order valence-corrected chi connectivity index (χ2v) is 10.4. The molecule has 7 heteroatoms. The van der Waals surface area contributed by atoms with E-state index < -0.39 is 21.8 Å². The predicted octanol–water partition coefficient (Wildman–Crippen LogP) is 4.63. The molecular weight excluding hydrogens is 393 g/mol. The van der Waals surface area contributed by atoms with Gasteiger partial charge in [-0.25, -0.2) is 12.8 Å². The van der Waals surface area contributed by atoms with E-state index in [1.807, 2.05) is 20.8 Å². The lowest BCUT2D eigenvalue weighted by Crippen LogP contribution is -2.37. The SMILES string of the molecule is CC(C)(C)C(NC(=O)c1oc2ccccc2c1CS(C)(=O)=O)c1ccc(F)cc1. The number of amides is 1. The number of carbonyl (C=O) groups is 1. The van der Waals surface area contributed by atoms with E-state index >= 15 is 0 Å². The highest BCUT2D eigenvalue weighted by molar-refractivity contribution is 7.89. The fourth-order valence-electron chi connectivity index (χ4n) is 3.34. The van der Waals surface area contributed by atoms with Gasteiger partial charge in [-0.2, -0.15) is 0 Å². The maximum absolute atomic E-state index is 13.3. The first-order valence-electron chi connectivity index (χ1n) is 9.20. The summed E-state index contributed by atoms with van der Waals surface area (Å²) in [7, 11) is -3.39. The molecule has 1 atom stereocenters. The number of furan rings is 1. The molecule has 0 saturated carbocycles. The summed E-state index contributed by atoms with van der Waals surface area (Å²) in [6.45, 7) is 5.87. The van der Waals surface area contributed by atoms with Crippen molar-refractivity contribution >= 4 is 26.7 Å². The van der Waals surface area contributed by atoms with Crippen molar-refractivity contribution < 1.29 is 22.0 Å². The number of nitrogens with one attached hydrogen (secondary N) is 1. The zero-order valence-electron chi connectivity index (χ0n) is 16.8. The van der Waals surface area contributed by atoms with Gasteiger partial charge in [-0.05, 0) is 29.2 Å². The molecule has 0 radical (unpaired) electrons. The van der Waals surface area contributed by atoms with Crippen LogP contribution in [-0.2, 0) is 15.6 Å². The standard InChI is InChI=1S/C22H24FNO4S/c1-22(2,3)20(14-9-11-15(23)12-10-14)24-21(25)19-17(13-29(4,26)27)16-7-5-6-8-18(16)28-19/h5-12,20H,13H2,1-4H3,(H,24,25). The predicted molar refractivity (Wildman–Crippen MR) is 111 cm³/mol. The number of halogens is 1. The highest BCUT2D eigenvalue weighted by Crippen LogP contribution is 2.34. The average Bonchev–Trinajstić information content (AvgIpc) is 2.97. The first-order chi connectivity index (χ1) is 13.5. The molecule has 1 unspecified atom stereocenters. The fraction of sp³-hybridized carbons (Fsp3) is 0.318. The van der Waals surface area contributed by atoms with E-state index in [9.17, 15) is 17.6 Å². The minimum absolute atomic E-state index is 0.0204. The van der Waals surface area contributed by atoms with E-state index in [0.717, 1.165) is 11.8 Å². The molecule has 0 saturated heterocycles. The van der Waals surface area contributed by atoms with Gasteiger partial charge in [0.2, 0.25) is 0 Å². The van der Waals surface area contributed by atoms with E-state index in [4.69, 9.17) is 4.42 Å². The quantitative estimate of drug-likeness (QED) is 0.656. The van der Waals surface area contributed by atoms with Crippen molar-refractivity contribution in [2.75, 3.05) is 6.26 Å². The number of rotatable bonds is 5. The van der Waals surface area contributed by atoms with Crippen molar-refractivity contribution in [3.63, 3.8) is 0 Å². The van der Waals surface area contributed by atoms with Crippen LogP contribution >= 0.6 is 0 Å². The van der Waals surface area contributed by atoms with Crippen LogP contribution in [0.15, 0.2) is 52.9 Å². The molecule has 0 bridgehead atoms. The zero-order valence-corrected chi connectivity index (χ0v) is 17.6. The molecule has 29 heavy (non-hydrogen) atoms. The fourth-order valence-corrected chi connectivity index (χ4v) is 4.15. The van der Waals surface area contributed by atoms with E-state index in [-0.39, 0.29) is 22.7 Å². The number of hydrogen-bond donors (Lipinski definition) is 1. The normalized spacial score (nSPS) is 13.4. The Morgan fingerprint density at radius 2 is 1.72 bits per heavy atom. The Kier molecular flexibility index (Phi) is 5.54. The zero-order chi connectivity index (χ0) is 21.4. The summed E-state index contributed by atoms with van der Waals surface area (Å²) >= 11 is 0. The van der Waals surface area contributed by atoms with E-state index in [2.05, 4.69) is 5.32 Å². The minimum Gasteiger partial charge on any atom is -0.451 e. The van der Waals surface area contributed by atoms with Gasteiger partial charge in [0, 0.05) is 17.2 Å². The van der Waals surface area contributed by atoms with Crippen LogP contribution < -0.4 is 5.32 Å². The molecule has 0 spiro atoms. The lowest BCUT2D eigenvalue weighted by atomic mass is 9.82. The Labute approximate surface area is 169 Å². The van der Waals surface area contributed by atoms with Crippen LogP contribution in [0.1, 0.15) is 48.5 Å². The molecule has 1 amide bonds. The average molecular weight is 418 g/mol. The Morgan fingerprint density at radius 3 is 2.31 bits per heavy atom. The number of para-hydroxylation sites is 1. The maximum Gasteiger partial charge on any atom is 0.287 e. The Balaban J connectivity index is 2.03. The second kappa shape index (κ2) is 7.63. The van der Waals surface area contributed by atoms with Crippen molar-refractivity contribution in [2.45, 2.75) is 32.6 Å². The molecule has 1 heterocycles. The van der Waals surface area contributed by atoms with Crippen LogP contribution in [0.2, 0.25) is 0 Å². The summed E-state index contributed by atoms with van der Waals surface area (Å²) < 4.78 is 43.0. The smallest absolute Gasteiger partial charge is 0.287 e. The molecule has 0 aliphatic rings. The largest absolute Gasteiger partial charge is 0.451 e. The molecule has 0 fully saturated rings. The maximum atomic E-state index is 13.3. The second-order valence-electron chi connectivity index (χ2n) is 8.30. The van der Waals surface area contributed by atoms with Gasteiger partial charge < -0.3 is 9.73 Å². The van der Waals surface area contributed by atoms with Crippen molar-refractivity contribution in [2.24, 2.45) is 5.41 Å². The van der Waals surface area contributed by atoms with Gasteiger partial charge in [0.25, 0.3) is 5.91 Å². The lowest BCUT2D eigenvalue weighted by molar-refractivity contribution is 0.0874. The van der Waals surface area contributed by atoms with Gasteiger partial charge in [-0.1, -0.05) is 51.1 Å². The number of benzene rings is 2. The van der Waals surface area contributed by atoms with E-state index in [0.29, 0.717) is 16.5 Å². The third-order valence-corrected chi connectivity index (χ3v) is 5.47. The first kappa shape index (κ1) is 21.0. The molecule has 1 N–H and O–H groups in total. The van der Waals surface area contributed by atoms with Gasteiger partial charge in [-0.15, -0.1) is 0 Å². The number of hydrogen-bond acceptors (Lipinski definition) is 4. The van der Waals surface area contributed by atoms with Gasteiger partial charge in [-0.3, -0.25) is 4.79 Å². The van der Waals surface area contributed by atoms with Crippen LogP contribution in [0.4, 0.5) is 4.39 Å². The van der Waals surface area contributed by atoms with Crippen LogP contribution in [0.3, 0.4) is 0 Å². The minimum atomic E-state index is -3.39. The molecule has 0 aliphatic carbocycles. The van der Waals surface area contributed by atoms with Crippen molar-refractivity contribution in [1.29, 1.82) is 0 Å². The first-order valence-corrected chi connectivity index (χ1v) is 11.3. The summed E-state index contributed by atoms with van der Waals surface area (Å²) in [5.41, 5.74) is 1.15. The van der Waals surface area contributed by atoms with Crippen LogP contribution in [0.5, 0.6) is 0 Å².